The Kier molecular flexibility index (Phi) is 7.05. The molecule has 1 heterocycles. The van der Waals surface area contributed by atoms with Gasteiger partial charge in [0, 0.05) is 29.6 Å². The molecule has 0 amide bonds. The summed E-state index contributed by atoms with van der Waals surface area (Å²) in [6, 6.07) is 2.32. The summed E-state index contributed by atoms with van der Waals surface area (Å²) >= 11 is 0. The van der Waals surface area contributed by atoms with Crippen LogP contribution in [-0.2, 0) is 14.3 Å². The van der Waals surface area contributed by atoms with Gasteiger partial charge in [-0.05, 0) is 53.2 Å². The molecule has 126 valence electrons. The van der Waals surface area contributed by atoms with Gasteiger partial charge in [0.05, 0.1) is 0 Å². The zero-order valence-corrected chi connectivity index (χ0v) is 14.8. The van der Waals surface area contributed by atoms with Gasteiger partial charge in [-0.1, -0.05) is 6.92 Å². The van der Waals surface area contributed by atoms with Crippen molar-refractivity contribution in [3.05, 3.63) is 34.7 Å². The van der Waals surface area contributed by atoms with E-state index < -0.39 is 12.3 Å². The molecule has 0 aromatic rings. The summed E-state index contributed by atoms with van der Waals surface area (Å²) in [7, 11) is 0. The second-order valence-corrected chi connectivity index (χ2v) is 5.57. The first-order valence-electron chi connectivity index (χ1n) is 7.98. The van der Waals surface area contributed by atoms with Gasteiger partial charge in [-0.3, -0.25) is 0 Å². The molecule has 1 rings (SSSR count). The van der Waals surface area contributed by atoms with Crippen molar-refractivity contribution in [2.24, 2.45) is 0 Å². The monoisotopic (exact) mass is 318 g/mol. The average Bonchev–Trinajstić information content (AvgIpc) is 2.47. The Labute approximate surface area is 138 Å². The summed E-state index contributed by atoms with van der Waals surface area (Å²) in [5.74, 6) is -0.659. The summed E-state index contributed by atoms with van der Waals surface area (Å²) in [5, 5.41) is 9.36. The predicted molar refractivity (Wildman–Crippen MR) is 88.9 cm³/mol. The first-order valence-corrected chi connectivity index (χ1v) is 7.98. The quantitative estimate of drug-likeness (QED) is 0.324. The van der Waals surface area contributed by atoms with Gasteiger partial charge in [0.15, 0.2) is 0 Å². The molecule has 2 unspecified atom stereocenters. The number of rotatable bonds is 6. The third kappa shape index (κ3) is 4.70. The highest BCUT2D eigenvalue weighted by Gasteiger charge is 2.23. The molecule has 5 nitrogen and oxygen atoms in total. The van der Waals surface area contributed by atoms with Gasteiger partial charge in [0.1, 0.15) is 11.6 Å². The van der Waals surface area contributed by atoms with Gasteiger partial charge in [-0.15, -0.1) is 0 Å². The number of esters is 1. The SMILES string of the molecule is CCOC(C)OC(=O)C(C#N)=C1C=C(C)N(C(C)CC)C(C)=C1. The van der Waals surface area contributed by atoms with Crippen molar-refractivity contribution in [2.75, 3.05) is 6.61 Å². The number of hydrogen-bond donors (Lipinski definition) is 0. The highest BCUT2D eigenvalue weighted by molar-refractivity contribution is 5.95. The maximum absolute atomic E-state index is 12.2. The van der Waals surface area contributed by atoms with Crippen LogP contribution in [0.5, 0.6) is 0 Å². The summed E-state index contributed by atoms with van der Waals surface area (Å²) < 4.78 is 10.3. The average molecular weight is 318 g/mol. The summed E-state index contributed by atoms with van der Waals surface area (Å²) in [4.78, 5) is 14.4. The van der Waals surface area contributed by atoms with E-state index in [9.17, 15) is 10.1 Å². The number of allylic oxidation sites excluding steroid dienone is 5. The first kappa shape index (κ1) is 19.0. The molecule has 0 bridgehead atoms. The van der Waals surface area contributed by atoms with Crippen LogP contribution in [-0.4, -0.2) is 29.8 Å². The summed E-state index contributed by atoms with van der Waals surface area (Å²) in [5.41, 5.74) is 2.59. The van der Waals surface area contributed by atoms with E-state index in [0.717, 1.165) is 17.8 Å². The first-order chi connectivity index (χ1) is 10.8. The summed E-state index contributed by atoms with van der Waals surface area (Å²) in [6.45, 7) is 12.1. The van der Waals surface area contributed by atoms with E-state index in [1.54, 1.807) is 6.92 Å². The van der Waals surface area contributed by atoms with Crippen LogP contribution < -0.4 is 0 Å². The lowest BCUT2D eigenvalue weighted by atomic mass is 10.0. The largest absolute Gasteiger partial charge is 0.432 e. The van der Waals surface area contributed by atoms with Crippen LogP contribution in [0.4, 0.5) is 0 Å². The highest BCUT2D eigenvalue weighted by atomic mass is 16.7. The molecule has 0 radical (unpaired) electrons. The van der Waals surface area contributed by atoms with Gasteiger partial charge >= 0.3 is 5.97 Å². The second-order valence-electron chi connectivity index (χ2n) is 5.57. The van der Waals surface area contributed by atoms with Crippen molar-refractivity contribution < 1.29 is 14.3 Å². The van der Waals surface area contributed by atoms with Crippen LogP contribution in [0.25, 0.3) is 0 Å². The van der Waals surface area contributed by atoms with E-state index in [1.165, 1.54) is 0 Å². The Morgan fingerprint density at radius 1 is 1.26 bits per heavy atom. The molecule has 0 N–H and O–H groups in total. The van der Waals surface area contributed by atoms with E-state index >= 15 is 0 Å². The van der Waals surface area contributed by atoms with Crippen LogP contribution in [0.1, 0.15) is 48.0 Å². The molecular formula is C18H26N2O3. The van der Waals surface area contributed by atoms with Crippen LogP contribution >= 0.6 is 0 Å². The molecule has 23 heavy (non-hydrogen) atoms. The van der Waals surface area contributed by atoms with Crippen LogP contribution in [0.15, 0.2) is 34.7 Å². The van der Waals surface area contributed by atoms with E-state index in [1.807, 2.05) is 39.0 Å². The standard InChI is InChI=1S/C18H26N2O3/c1-7-12(3)20-13(4)9-16(10-14(20)5)17(11-19)18(21)23-15(6)22-8-2/h9-10,12,15H,7-8H2,1-6H3. The zero-order valence-electron chi connectivity index (χ0n) is 14.8. The lowest BCUT2D eigenvalue weighted by Gasteiger charge is -2.34. The smallest absolute Gasteiger partial charge is 0.351 e. The normalized spacial score (nSPS) is 16.9. The van der Waals surface area contributed by atoms with Crippen molar-refractivity contribution >= 4 is 5.97 Å². The van der Waals surface area contributed by atoms with E-state index in [4.69, 9.17) is 9.47 Å². The third-order valence-electron chi connectivity index (χ3n) is 3.80. The lowest BCUT2D eigenvalue weighted by molar-refractivity contribution is -0.168. The van der Waals surface area contributed by atoms with Crippen molar-refractivity contribution in [3.63, 3.8) is 0 Å². The Bertz CT molecular complexity index is 560. The number of ether oxygens (including phenoxy) is 2. The fourth-order valence-corrected chi connectivity index (χ4v) is 2.64. The number of carbonyl (C=O) groups excluding carboxylic acids is 1. The zero-order chi connectivity index (χ0) is 17.6. The Balaban J connectivity index is 3.11. The van der Waals surface area contributed by atoms with E-state index in [2.05, 4.69) is 18.7 Å². The fourth-order valence-electron chi connectivity index (χ4n) is 2.64. The van der Waals surface area contributed by atoms with Crippen molar-refractivity contribution in [1.29, 1.82) is 5.26 Å². The van der Waals surface area contributed by atoms with Crippen molar-refractivity contribution in [2.45, 2.75) is 60.3 Å². The van der Waals surface area contributed by atoms with Crippen LogP contribution in [0, 0.1) is 11.3 Å². The number of nitrogens with zero attached hydrogens (tertiary/aromatic N) is 2. The predicted octanol–water partition coefficient (Wildman–Crippen LogP) is 3.65. The molecular weight excluding hydrogens is 292 g/mol. The molecule has 1 aliphatic rings. The highest BCUT2D eigenvalue weighted by Crippen LogP contribution is 2.28. The van der Waals surface area contributed by atoms with Crippen LogP contribution in [0.2, 0.25) is 0 Å². The van der Waals surface area contributed by atoms with Gasteiger partial charge in [0.2, 0.25) is 6.29 Å². The molecule has 0 aromatic heterocycles. The van der Waals surface area contributed by atoms with Gasteiger partial charge in [-0.2, -0.15) is 5.26 Å². The summed E-state index contributed by atoms with van der Waals surface area (Å²) in [6.07, 6.45) is 4.04. The molecule has 0 saturated heterocycles. The third-order valence-corrected chi connectivity index (χ3v) is 3.80. The fraction of sp³-hybridized carbons (Fsp3) is 0.556. The molecule has 0 saturated carbocycles. The number of carbonyl (C=O) groups is 1. The van der Waals surface area contributed by atoms with Gasteiger partial charge in [0.25, 0.3) is 0 Å². The minimum absolute atomic E-state index is 0.000875. The topological polar surface area (TPSA) is 62.6 Å². The Morgan fingerprint density at radius 2 is 1.83 bits per heavy atom. The molecule has 1 aliphatic heterocycles. The molecule has 2 atom stereocenters. The molecule has 0 aliphatic carbocycles. The number of hydrogen-bond acceptors (Lipinski definition) is 5. The lowest BCUT2D eigenvalue weighted by Crippen LogP contribution is -2.31. The molecule has 0 aromatic carbocycles. The van der Waals surface area contributed by atoms with Gasteiger partial charge in [-0.25, -0.2) is 4.79 Å². The Morgan fingerprint density at radius 3 is 2.26 bits per heavy atom. The molecule has 5 heteroatoms. The minimum atomic E-state index is -0.674. The van der Waals surface area contributed by atoms with E-state index in [0.29, 0.717) is 18.2 Å². The maximum Gasteiger partial charge on any atom is 0.351 e. The molecule has 0 fully saturated rings. The minimum Gasteiger partial charge on any atom is -0.432 e. The van der Waals surface area contributed by atoms with Crippen molar-refractivity contribution in [3.8, 4) is 6.07 Å². The van der Waals surface area contributed by atoms with E-state index in [-0.39, 0.29) is 5.57 Å². The van der Waals surface area contributed by atoms with Gasteiger partial charge < -0.3 is 14.4 Å². The maximum atomic E-state index is 12.2. The number of nitriles is 1. The van der Waals surface area contributed by atoms with Crippen LogP contribution in [0.3, 0.4) is 0 Å². The van der Waals surface area contributed by atoms with Crippen molar-refractivity contribution in [1.82, 2.24) is 4.90 Å². The second kappa shape index (κ2) is 8.54. The Hall–Kier alpha value is -2.06. The molecule has 0 spiro atoms.